The van der Waals surface area contributed by atoms with Crippen LogP contribution in [-0.2, 0) is 11.2 Å². The normalized spacial score (nSPS) is 10.6. The topological polar surface area (TPSA) is 68.3 Å². The molecule has 1 aromatic heterocycles. The molecule has 3 rings (SSSR count). The number of amides is 1. The van der Waals surface area contributed by atoms with E-state index in [0.717, 1.165) is 9.90 Å². The Hall–Kier alpha value is -2.35. The first-order valence-electron chi connectivity index (χ1n) is 8.75. The van der Waals surface area contributed by atoms with Gasteiger partial charge in [0.25, 0.3) is 0 Å². The van der Waals surface area contributed by atoms with Crippen LogP contribution in [0.2, 0.25) is 5.02 Å². The molecule has 29 heavy (non-hydrogen) atoms. The van der Waals surface area contributed by atoms with Crippen molar-refractivity contribution < 1.29 is 14.3 Å². The fourth-order valence-corrected chi connectivity index (χ4v) is 4.44. The zero-order chi connectivity index (χ0) is 20.8. The van der Waals surface area contributed by atoms with Gasteiger partial charge in [0.2, 0.25) is 5.91 Å². The highest BCUT2D eigenvalue weighted by Gasteiger charge is 2.12. The van der Waals surface area contributed by atoms with Crippen LogP contribution in [0, 0.1) is 6.92 Å². The van der Waals surface area contributed by atoms with Crippen molar-refractivity contribution in [1.82, 2.24) is 4.98 Å². The summed E-state index contributed by atoms with van der Waals surface area (Å²) in [6.45, 7) is 1.86. The largest absolute Gasteiger partial charge is 0.497 e. The number of ether oxygens (including phenoxy) is 1. The molecule has 0 atom stereocenters. The molecule has 1 heterocycles. The molecule has 0 spiro atoms. The molecule has 0 saturated carbocycles. The van der Waals surface area contributed by atoms with Gasteiger partial charge in [0.05, 0.1) is 25.0 Å². The van der Waals surface area contributed by atoms with E-state index < -0.39 is 0 Å². The van der Waals surface area contributed by atoms with E-state index in [2.05, 4.69) is 10.3 Å². The molecule has 1 N–H and O–H groups in total. The van der Waals surface area contributed by atoms with Gasteiger partial charge in [-0.3, -0.25) is 9.59 Å². The van der Waals surface area contributed by atoms with E-state index in [1.54, 1.807) is 43.5 Å². The number of carbonyl (C=O) groups is 2. The number of Topliss-reactive ketones (excluding diaryl/α,β-unsaturated/α-hetero) is 1. The Kier molecular flexibility index (Phi) is 7.30. The summed E-state index contributed by atoms with van der Waals surface area (Å²) in [7, 11) is 1.59. The first-order chi connectivity index (χ1) is 14.0. The number of hydrogen-bond acceptors (Lipinski definition) is 6. The van der Waals surface area contributed by atoms with Gasteiger partial charge >= 0.3 is 0 Å². The van der Waals surface area contributed by atoms with Crippen molar-refractivity contribution in [2.45, 2.75) is 17.7 Å². The van der Waals surface area contributed by atoms with Gasteiger partial charge in [0.15, 0.2) is 10.1 Å². The van der Waals surface area contributed by atoms with E-state index >= 15 is 0 Å². The van der Waals surface area contributed by atoms with Gasteiger partial charge in [0, 0.05) is 21.7 Å². The molecule has 0 aliphatic carbocycles. The van der Waals surface area contributed by atoms with Crippen LogP contribution in [0.1, 0.15) is 21.6 Å². The number of halogens is 1. The second-order valence-corrected chi connectivity index (χ2v) is 8.67. The van der Waals surface area contributed by atoms with Crippen LogP contribution in [0.4, 0.5) is 5.69 Å². The molecule has 2 aromatic carbocycles. The Morgan fingerprint density at radius 1 is 1.21 bits per heavy atom. The van der Waals surface area contributed by atoms with Crippen molar-refractivity contribution in [1.29, 1.82) is 0 Å². The van der Waals surface area contributed by atoms with Gasteiger partial charge in [0.1, 0.15) is 5.75 Å². The number of nitrogens with one attached hydrogen (secondary N) is 1. The third-order valence-corrected chi connectivity index (χ3v) is 6.63. The minimum absolute atomic E-state index is 0.0172. The van der Waals surface area contributed by atoms with Crippen LogP contribution in [0.5, 0.6) is 5.75 Å². The van der Waals surface area contributed by atoms with Crippen molar-refractivity contribution in [3.05, 3.63) is 69.7 Å². The molecule has 8 heteroatoms. The number of nitrogens with zero attached hydrogens (tertiary/aromatic N) is 1. The molecular formula is C21H19ClN2O3S2. The minimum atomic E-state index is -0.161. The number of methoxy groups -OCH3 is 1. The van der Waals surface area contributed by atoms with Crippen molar-refractivity contribution >= 4 is 52.1 Å². The number of ketones is 1. The summed E-state index contributed by atoms with van der Waals surface area (Å²) in [5.74, 6) is 0.854. The van der Waals surface area contributed by atoms with E-state index in [9.17, 15) is 9.59 Å². The van der Waals surface area contributed by atoms with E-state index in [4.69, 9.17) is 16.3 Å². The first kappa shape index (κ1) is 21.4. The third kappa shape index (κ3) is 5.82. The predicted octanol–water partition coefficient (Wildman–Crippen LogP) is 5.27. The fraction of sp³-hybridized carbons (Fsp3) is 0.190. The molecule has 0 fully saturated rings. The molecule has 0 saturated heterocycles. The zero-order valence-electron chi connectivity index (χ0n) is 15.9. The summed E-state index contributed by atoms with van der Waals surface area (Å²) in [6, 6.07) is 12.4. The molecule has 3 aromatic rings. The molecule has 1 amide bonds. The summed E-state index contributed by atoms with van der Waals surface area (Å²) in [5.41, 5.74) is 2.82. The van der Waals surface area contributed by atoms with E-state index in [-0.39, 0.29) is 23.9 Å². The lowest BCUT2D eigenvalue weighted by atomic mass is 10.1. The Balaban J connectivity index is 1.52. The Morgan fingerprint density at radius 2 is 1.97 bits per heavy atom. The van der Waals surface area contributed by atoms with Crippen LogP contribution in [-0.4, -0.2) is 29.5 Å². The highest BCUT2D eigenvalue weighted by molar-refractivity contribution is 8.01. The number of rotatable bonds is 8. The van der Waals surface area contributed by atoms with Gasteiger partial charge in [-0.15, -0.1) is 11.3 Å². The van der Waals surface area contributed by atoms with Crippen LogP contribution < -0.4 is 10.1 Å². The second-order valence-electron chi connectivity index (χ2n) is 6.18. The van der Waals surface area contributed by atoms with Crippen LogP contribution >= 0.6 is 34.7 Å². The molecule has 0 bridgehead atoms. The lowest BCUT2D eigenvalue weighted by Crippen LogP contribution is -2.15. The summed E-state index contributed by atoms with van der Waals surface area (Å²) in [6.07, 6.45) is 0.162. The summed E-state index contributed by atoms with van der Waals surface area (Å²) >= 11 is 8.87. The van der Waals surface area contributed by atoms with Crippen LogP contribution in [0.3, 0.4) is 0 Å². The van der Waals surface area contributed by atoms with E-state index in [0.29, 0.717) is 27.7 Å². The van der Waals surface area contributed by atoms with Crippen molar-refractivity contribution in [3.8, 4) is 5.75 Å². The van der Waals surface area contributed by atoms with E-state index in [1.165, 1.54) is 23.1 Å². The lowest BCUT2D eigenvalue weighted by molar-refractivity contribution is -0.115. The van der Waals surface area contributed by atoms with Crippen LogP contribution in [0.15, 0.2) is 52.2 Å². The SMILES string of the molecule is COc1ccc(C(=O)CSc2nc(CC(=O)Nc3cccc(Cl)c3C)cs2)cc1. The molecule has 5 nitrogen and oxygen atoms in total. The predicted molar refractivity (Wildman–Crippen MR) is 119 cm³/mol. The average Bonchev–Trinajstić information content (AvgIpc) is 3.17. The van der Waals surface area contributed by atoms with Gasteiger partial charge < -0.3 is 10.1 Å². The smallest absolute Gasteiger partial charge is 0.230 e. The molecule has 150 valence electrons. The number of anilines is 1. The summed E-state index contributed by atoms with van der Waals surface area (Å²) in [5, 5.41) is 5.31. The third-order valence-electron chi connectivity index (χ3n) is 4.15. The molecule has 0 aliphatic rings. The maximum atomic E-state index is 12.3. The maximum Gasteiger partial charge on any atom is 0.230 e. The Labute approximate surface area is 182 Å². The highest BCUT2D eigenvalue weighted by atomic mass is 35.5. The monoisotopic (exact) mass is 446 g/mol. The van der Waals surface area contributed by atoms with Gasteiger partial charge in [-0.2, -0.15) is 0 Å². The summed E-state index contributed by atoms with van der Waals surface area (Å²) in [4.78, 5) is 29.0. The Bertz CT molecular complexity index is 1020. The number of carbonyl (C=O) groups excluding carboxylic acids is 2. The van der Waals surface area contributed by atoms with Crippen molar-refractivity contribution in [2.24, 2.45) is 0 Å². The zero-order valence-corrected chi connectivity index (χ0v) is 18.3. The quantitative estimate of drug-likeness (QED) is 0.377. The highest BCUT2D eigenvalue weighted by Crippen LogP contribution is 2.25. The summed E-state index contributed by atoms with van der Waals surface area (Å²) < 4.78 is 5.86. The maximum absolute atomic E-state index is 12.3. The number of aromatic nitrogens is 1. The average molecular weight is 447 g/mol. The minimum Gasteiger partial charge on any atom is -0.497 e. The standard InChI is InChI=1S/C21H19ClN2O3S2/c1-13-17(22)4-3-5-18(13)24-20(26)10-15-11-28-21(23-15)29-12-19(25)14-6-8-16(27-2)9-7-14/h3-9,11H,10,12H2,1-2H3,(H,24,26). The van der Waals surface area contributed by atoms with E-state index in [1.807, 2.05) is 18.4 Å². The lowest BCUT2D eigenvalue weighted by Gasteiger charge is -2.08. The first-order valence-corrected chi connectivity index (χ1v) is 11.0. The Morgan fingerprint density at radius 3 is 2.69 bits per heavy atom. The van der Waals surface area contributed by atoms with Crippen LogP contribution in [0.25, 0.3) is 0 Å². The van der Waals surface area contributed by atoms with Gasteiger partial charge in [-0.25, -0.2) is 4.98 Å². The number of hydrogen-bond donors (Lipinski definition) is 1. The fourth-order valence-electron chi connectivity index (χ4n) is 2.53. The number of thiazole rings is 1. The van der Waals surface area contributed by atoms with Gasteiger partial charge in [-0.05, 0) is 48.9 Å². The molecule has 0 unspecified atom stereocenters. The second kappa shape index (κ2) is 9.91. The number of thioether (sulfide) groups is 1. The van der Waals surface area contributed by atoms with Crippen molar-refractivity contribution in [3.63, 3.8) is 0 Å². The molecular weight excluding hydrogens is 428 g/mol. The number of benzene rings is 2. The molecule has 0 radical (unpaired) electrons. The van der Waals surface area contributed by atoms with Crippen molar-refractivity contribution in [2.75, 3.05) is 18.2 Å². The van der Waals surface area contributed by atoms with Gasteiger partial charge in [-0.1, -0.05) is 29.4 Å². The molecule has 0 aliphatic heterocycles.